The molecule has 0 aliphatic carbocycles. The smallest absolute Gasteiger partial charge is 0.242 e. The molecule has 1 unspecified atom stereocenters. The van der Waals surface area contributed by atoms with Gasteiger partial charge in [0.1, 0.15) is 11.9 Å². The van der Waals surface area contributed by atoms with Crippen molar-refractivity contribution in [2.24, 2.45) is 0 Å². The predicted molar refractivity (Wildman–Crippen MR) is 82.8 cm³/mol. The fourth-order valence-corrected chi connectivity index (χ4v) is 2.62. The average Bonchev–Trinajstić information content (AvgIpc) is 2.45. The number of nitrogens with one attached hydrogen (secondary N) is 2. The summed E-state index contributed by atoms with van der Waals surface area (Å²) in [5.41, 5.74) is 1.43. The van der Waals surface area contributed by atoms with Crippen LogP contribution in [0, 0.1) is 5.82 Å². The number of carbonyl (C=O) groups excluding carboxylic acids is 1. The number of hydrogen-bond donors (Lipinski definition) is 2. The highest BCUT2D eigenvalue weighted by atomic mass is 19.1. The van der Waals surface area contributed by atoms with Gasteiger partial charge in [-0.15, -0.1) is 0 Å². The molecule has 21 heavy (non-hydrogen) atoms. The molecular formula is C16H24FN3O. The summed E-state index contributed by atoms with van der Waals surface area (Å²) >= 11 is 0. The second kappa shape index (κ2) is 6.89. The number of nitrogens with zero attached hydrogens (tertiary/aromatic N) is 1. The first-order valence-corrected chi connectivity index (χ1v) is 7.59. The van der Waals surface area contributed by atoms with E-state index in [1.54, 1.807) is 12.1 Å². The van der Waals surface area contributed by atoms with E-state index in [9.17, 15) is 9.18 Å². The molecule has 1 amide bonds. The van der Waals surface area contributed by atoms with Crippen LogP contribution in [-0.2, 0) is 11.3 Å². The van der Waals surface area contributed by atoms with Gasteiger partial charge in [-0.3, -0.25) is 4.79 Å². The number of benzene rings is 1. The Morgan fingerprint density at radius 3 is 2.86 bits per heavy atom. The molecule has 116 valence electrons. The van der Waals surface area contributed by atoms with Crippen molar-refractivity contribution in [2.75, 3.05) is 18.0 Å². The van der Waals surface area contributed by atoms with Gasteiger partial charge in [0.15, 0.2) is 0 Å². The van der Waals surface area contributed by atoms with Gasteiger partial charge in [-0.2, -0.15) is 0 Å². The van der Waals surface area contributed by atoms with Crippen molar-refractivity contribution in [3.05, 3.63) is 29.6 Å². The van der Waals surface area contributed by atoms with Gasteiger partial charge >= 0.3 is 0 Å². The molecule has 4 nitrogen and oxygen atoms in total. The molecular weight excluding hydrogens is 269 g/mol. The number of halogens is 1. The Bertz CT molecular complexity index is 504. The number of rotatable bonds is 5. The van der Waals surface area contributed by atoms with Gasteiger partial charge in [-0.25, -0.2) is 4.39 Å². The van der Waals surface area contributed by atoms with Gasteiger partial charge in [0.05, 0.1) is 5.69 Å². The third-order valence-electron chi connectivity index (χ3n) is 3.75. The number of amides is 1. The molecule has 1 aromatic rings. The lowest BCUT2D eigenvalue weighted by Crippen LogP contribution is -2.55. The Morgan fingerprint density at radius 2 is 2.24 bits per heavy atom. The summed E-state index contributed by atoms with van der Waals surface area (Å²) in [5, 5.41) is 6.10. The van der Waals surface area contributed by atoms with E-state index in [-0.39, 0.29) is 17.8 Å². The maximum Gasteiger partial charge on any atom is 0.242 e. The molecule has 1 fully saturated rings. The number of anilines is 1. The van der Waals surface area contributed by atoms with Crippen LogP contribution in [0.2, 0.25) is 0 Å². The number of carbonyl (C=O) groups is 1. The number of hydrogen-bond acceptors (Lipinski definition) is 3. The molecule has 0 saturated carbocycles. The first-order chi connectivity index (χ1) is 10.0. The molecule has 2 rings (SSSR count). The van der Waals surface area contributed by atoms with Crippen LogP contribution in [0.15, 0.2) is 18.2 Å². The van der Waals surface area contributed by atoms with Crippen molar-refractivity contribution in [1.29, 1.82) is 0 Å². The summed E-state index contributed by atoms with van der Waals surface area (Å²) in [5.74, 6) is -0.278. The number of piperazine rings is 1. The maximum absolute atomic E-state index is 14.4. The van der Waals surface area contributed by atoms with E-state index in [0.717, 1.165) is 5.56 Å². The first kappa shape index (κ1) is 15.8. The summed E-state index contributed by atoms with van der Waals surface area (Å²) in [6.45, 7) is 7.91. The summed E-state index contributed by atoms with van der Waals surface area (Å²) in [7, 11) is 0. The predicted octanol–water partition coefficient (Wildman–Crippen LogP) is 2.04. The zero-order chi connectivity index (χ0) is 15.4. The van der Waals surface area contributed by atoms with Crippen LogP contribution in [0.25, 0.3) is 0 Å². The van der Waals surface area contributed by atoms with Crippen molar-refractivity contribution in [1.82, 2.24) is 10.6 Å². The lowest BCUT2D eigenvalue weighted by molar-refractivity contribution is -0.123. The Hall–Kier alpha value is -1.62. The van der Waals surface area contributed by atoms with Crippen LogP contribution < -0.4 is 15.5 Å². The lowest BCUT2D eigenvalue weighted by Gasteiger charge is -2.36. The monoisotopic (exact) mass is 293 g/mol. The van der Waals surface area contributed by atoms with E-state index in [1.165, 1.54) is 0 Å². The molecule has 0 radical (unpaired) electrons. The summed E-state index contributed by atoms with van der Waals surface area (Å²) < 4.78 is 14.4. The van der Waals surface area contributed by atoms with Gasteiger partial charge < -0.3 is 15.5 Å². The minimum atomic E-state index is -0.284. The molecule has 0 bridgehead atoms. The highest BCUT2D eigenvalue weighted by Crippen LogP contribution is 2.25. The van der Waals surface area contributed by atoms with Crippen LogP contribution in [-0.4, -0.2) is 31.1 Å². The van der Waals surface area contributed by atoms with E-state index in [0.29, 0.717) is 37.8 Å². The van der Waals surface area contributed by atoms with E-state index in [2.05, 4.69) is 24.5 Å². The van der Waals surface area contributed by atoms with Gasteiger partial charge in [0.2, 0.25) is 5.91 Å². The van der Waals surface area contributed by atoms with Gasteiger partial charge in [0, 0.05) is 25.7 Å². The zero-order valence-electron chi connectivity index (χ0n) is 12.9. The van der Waals surface area contributed by atoms with Crippen LogP contribution in [0.3, 0.4) is 0 Å². The van der Waals surface area contributed by atoms with Crippen LogP contribution in [0.1, 0.15) is 32.8 Å². The van der Waals surface area contributed by atoms with Crippen molar-refractivity contribution in [3.63, 3.8) is 0 Å². The zero-order valence-corrected chi connectivity index (χ0v) is 12.9. The lowest BCUT2D eigenvalue weighted by atomic mass is 10.1. The third kappa shape index (κ3) is 3.73. The minimum Gasteiger partial charge on any atom is -0.355 e. The molecule has 0 spiro atoms. The van der Waals surface area contributed by atoms with E-state index in [1.807, 2.05) is 17.9 Å². The Labute approximate surface area is 125 Å². The Morgan fingerprint density at radius 1 is 1.48 bits per heavy atom. The molecule has 1 aliphatic heterocycles. The third-order valence-corrected chi connectivity index (χ3v) is 3.75. The molecule has 1 saturated heterocycles. The highest BCUT2D eigenvalue weighted by molar-refractivity contribution is 5.86. The second-order valence-corrected chi connectivity index (χ2v) is 5.73. The minimum absolute atomic E-state index is 0.0197. The summed E-state index contributed by atoms with van der Waals surface area (Å²) in [4.78, 5) is 13.7. The molecule has 1 atom stereocenters. The van der Waals surface area contributed by atoms with E-state index in [4.69, 9.17) is 0 Å². The fourth-order valence-electron chi connectivity index (χ4n) is 2.62. The molecule has 1 aliphatic rings. The van der Waals surface area contributed by atoms with Crippen molar-refractivity contribution >= 4 is 11.6 Å². The van der Waals surface area contributed by atoms with Crippen molar-refractivity contribution < 1.29 is 9.18 Å². The standard InChI is InChI=1S/C16H24FN3O/c1-4-14-16(21)18-7-8-20(14)15-6-5-12(9-13(15)17)10-19-11(2)3/h5-6,9,11,14,19H,4,7-8,10H2,1-3H3,(H,18,21). The molecule has 2 N–H and O–H groups in total. The highest BCUT2D eigenvalue weighted by Gasteiger charge is 2.29. The Balaban J connectivity index is 2.17. The van der Waals surface area contributed by atoms with Crippen LogP contribution in [0.4, 0.5) is 10.1 Å². The van der Waals surface area contributed by atoms with Gasteiger partial charge in [-0.05, 0) is 24.1 Å². The average molecular weight is 293 g/mol. The second-order valence-electron chi connectivity index (χ2n) is 5.73. The first-order valence-electron chi connectivity index (χ1n) is 7.59. The Kier molecular flexibility index (Phi) is 5.17. The molecule has 1 aromatic carbocycles. The van der Waals surface area contributed by atoms with E-state index < -0.39 is 0 Å². The summed E-state index contributed by atoms with van der Waals surface area (Å²) in [6.07, 6.45) is 0.669. The largest absolute Gasteiger partial charge is 0.355 e. The van der Waals surface area contributed by atoms with E-state index >= 15 is 0 Å². The molecule has 0 aromatic heterocycles. The van der Waals surface area contributed by atoms with Crippen molar-refractivity contribution in [2.45, 2.75) is 45.8 Å². The summed E-state index contributed by atoms with van der Waals surface area (Å²) in [6, 6.07) is 5.35. The van der Waals surface area contributed by atoms with Crippen LogP contribution >= 0.6 is 0 Å². The SMILES string of the molecule is CCC1C(=O)NCCN1c1ccc(CNC(C)C)cc1F. The quantitative estimate of drug-likeness (QED) is 0.873. The molecule has 1 heterocycles. The van der Waals surface area contributed by atoms with Crippen molar-refractivity contribution in [3.8, 4) is 0 Å². The maximum atomic E-state index is 14.4. The normalized spacial score (nSPS) is 19.0. The van der Waals surface area contributed by atoms with Gasteiger partial charge in [0.25, 0.3) is 0 Å². The van der Waals surface area contributed by atoms with Gasteiger partial charge in [-0.1, -0.05) is 26.8 Å². The molecule has 5 heteroatoms. The fraction of sp³-hybridized carbons (Fsp3) is 0.562. The topological polar surface area (TPSA) is 44.4 Å². The van der Waals surface area contributed by atoms with Crippen LogP contribution in [0.5, 0.6) is 0 Å².